The van der Waals surface area contributed by atoms with Gasteiger partial charge in [0, 0.05) is 6.07 Å². The molecule has 0 heterocycles. The number of carbonyl (C=O) groups is 1. The summed E-state index contributed by atoms with van der Waals surface area (Å²) in [6, 6.07) is 14.3. The number of benzene rings is 2. The summed E-state index contributed by atoms with van der Waals surface area (Å²) in [5, 5.41) is 14.0. The SMILES string of the molecule is Cc1c(OCC(=O)NC(CC(C)C)c2ccccc2)cccc1[N+](=O)[O-]. The number of nitrogens with one attached hydrogen (secondary N) is 1. The summed E-state index contributed by atoms with van der Waals surface area (Å²) >= 11 is 0. The van der Waals surface area contributed by atoms with Gasteiger partial charge in [-0.05, 0) is 30.9 Å². The fourth-order valence-electron chi connectivity index (χ4n) is 2.77. The Labute approximate surface area is 153 Å². The first-order valence-electron chi connectivity index (χ1n) is 8.59. The van der Waals surface area contributed by atoms with Crippen molar-refractivity contribution in [3.05, 3.63) is 69.8 Å². The smallest absolute Gasteiger partial charge is 0.276 e. The van der Waals surface area contributed by atoms with Gasteiger partial charge in [-0.3, -0.25) is 14.9 Å². The molecule has 2 aromatic rings. The van der Waals surface area contributed by atoms with Gasteiger partial charge in [0.15, 0.2) is 6.61 Å². The van der Waals surface area contributed by atoms with Crippen LogP contribution in [-0.2, 0) is 4.79 Å². The summed E-state index contributed by atoms with van der Waals surface area (Å²) in [5.74, 6) is 0.500. The number of nitro benzene ring substituents is 1. The van der Waals surface area contributed by atoms with E-state index in [0.717, 1.165) is 12.0 Å². The molecule has 26 heavy (non-hydrogen) atoms. The second-order valence-corrected chi connectivity index (χ2v) is 6.61. The molecule has 0 aliphatic carbocycles. The molecule has 6 heteroatoms. The third-order valence-corrected chi connectivity index (χ3v) is 4.06. The van der Waals surface area contributed by atoms with Crippen LogP contribution < -0.4 is 10.1 Å². The van der Waals surface area contributed by atoms with Crippen LogP contribution in [0.4, 0.5) is 5.69 Å². The molecule has 0 aliphatic heterocycles. The highest BCUT2D eigenvalue weighted by Crippen LogP contribution is 2.27. The van der Waals surface area contributed by atoms with Crippen LogP contribution in [0.2, 0.25) is 0 Å². The molecular weight excluding hydrogens is 332 g/mol. The number of carbonyl (C=O) groups excluding carboxylic acids is 1. The van der Waals surface area contributed by atoms with Crippen molar-refractivity contribution in [3.8, 4) is 5.75 Å². The van der Waals surface area contributed by atoms with Gasteiger partial charge in [-0.2, -0.15) is 0 Å². The normalized spacial score (nSPS) is 11.8. The zero-order chi connectivity index (χ0) is 19.1. The van der Waals surface area contributed by atoms with Gasteiger partial charge in [-0.25, -0.2) is 0 Å². The van der Waals surface area contributed by atoms with E-state index in [4.69, 9.17) is 4.74 Å². The molecule has 0 radical (unpaired) electrons. The number of nitro groups is 1. The lowest BCUT2D eigenvalue weighted by atomic mass is 9.97. The highest BCUT2D eigenvalue weighted by molar-refractivity contribution is 5.78. The number of amides is 1. The fraction of sp³-hybridized carbons (Fsp3) is 0.350. The lowest BCUT2D eigenvalue weighted by molar-refractivity contribution is -0.385. The van der Waals surface area contributed by atoms with Gasteiger partial charge in [0.1, 0.15) is 5.75 Å². The van der Waals surface area contributed by atoms with Crippen LogP contribution in [0.3, 0.4) is 0 Å². The third-order valence-electron chi connectivity index (χ3n) is 4.06. The molecule has 138 valence electrons. The molecule has 0 bridgehead atoms. The van der Waals surface area contributed by atoms with E-state index in [-0.39, 0.29) is 24.2 Å². The van der Waals surface area contributed by atoms with Crippen molar-refractivity contribution in [1.29, 1.82) is 0 Å². The number of ether oxygens (including phenoxy) is 1. The van der Waals surface area contributed by atoms with Gasteiger partial charge in [0.25, 0.3) is 11.6 Å². The predicted molar refractivity (Wildman–Crippen MR) is 100 cm³/mol. The maximum Gasteiger partial charge on any atom is 0.276 e. The second-order valence-electron chi connectivity index (χ2n) is 6.61. The predicted octanol–water partition coefficient (Wildman–Crippen LogP) is 4.19. The van der Waals surface area contributed by atoms with E-state index in [9.17, 15) is 14.9 Å². The second kappa shape index (κ2) is 8.99. The maximum atomic E-state index is 12.3. The Morgan fingerprint density at radius 2 is 1.85 bits per heavy atom. The van der Waals surface area contributed by atoms with E-state index in [1.165, 1.54) is 6.07 Å². The van der Waals surface area contributed by atoms with Crippen molar-refractivity contribution >= 4 is 11.6 Å². The van der Waals surface area contributed by atoms with E-state index in [1.807, 2.05) is 30.3 Å². The first-order chi connectivity index (χ1) is 12.4. The summed E-state index contributed by atoms with van der Waals surface area (Å²) in [4.78, 5) is 22.9. The minimum Gasteiger partial charge on any atom is -0.483 e. The van der Waals surface area contributed by atoms with Gasteiger partial charge in [0.2, 0.25) is 0 Å². The lowest BCUT2D eigenvalue weighted by Crippen LogP contribution is -2.33. The van der Waals surface area contributed by atoms with Gasteiger partial charge < -0.3 is 10.1 Å². The van der Waals surface area contributed by atoms with E-state index in [1.54, 1.807) is 19.1 Å². The zero-order valence-electron chi connectivity index (χ0n) is 15.3. The standard InChI is InChI=1S/C20H24N2O4/c1-14(2)12-17(16-8-5-4-6-9-16)21-20(23)13-26-19-11-7-10-18(15(19)3)22(24)25/h4-11,14,17H,12-13H2,1-3H3,(H,21,23). The Kier molecular flexibility index (Phi) is 6.72. The molecule has 1 N–H and O–H groups in total. The van der Waals surface area contributed by atoms with Crippen molar-refractivity contribution in [1.82, 2.24) is 5.32 Å². The minimum absolute atomic E-state index is 0.0233. The van der Waals surface area contributed by atoms with Crippen LogP contribution >= 0.6 is 0 Å². The van der Waals surface area contributed by atoms with Crippen LogP contribution in [0.25, 0.3) is 0 Å². The van der Waals surface area contributed by atoms with Gasteiger partial charge in [-0.15, -0.1) is 0 Å². The van der Waals surface area contributed by atoms with E-state index in [2.05, 4.69) is 19.2 Å². The Morgan fingerprint density at radius 1 is 1.15 bits per heavy atom. The zero-order valence-corrected chi connectivity index (χ0v) is 15.3. The molecule has 2 aromatic carbocycles. The Hall–Kier alpha value is -2.89. The van der Waals surface area contributed by atoms with Crippen LogP contribution in [0, 0.1) is 23.0 Å². The van der Waals surface area contributed by atoms with E-state index >= 15 is 0 Å². The summed E-state index contributed by atoms with van der Waals surface area (Å²) in [7, 11) is 0. The van der Waals surface area contributed by atoms with Crippen LogP contribution in [0.15, 0.2) is 48.5 Å². The highest BCUT2D eigenvalue weighted by Gasteiger charge is 2.18. The molecular formula is C20H24N2O4. The molecule has 1 unspecified atom stereocenters. The van der Waals surface area contributed by atoms with Crippen LogP contribution in [0.5, 0.6) is 5.75 Å². The number of hydrogen-bond acceptors (Lipinski definition) is 4. The molecule has 0 aliphatic rings. The van der Waals surface area contributed by atoms with Gasteiger partial charge >= 0.3 is 0 Å². The third kappa shape index (κ3) is 5.31. The van der Waals surface area contributed by atoms with Crippen molar-refractivity contribution in [2.24, 2.45) is 5.92 Å². The van der Waals surface area contributed by atoms with Crippen LogP contribution in [-0.4, -0.2) is 17.4 Å². The lowest BCUT2D eigenvalue weighted by Gasteiger charge is -2.21. The molecule has 1 amide bonds. The molecule has 0 fully saturated rings. The van der Waals surface area contributed by atoms with Gasteiger partial charge in [0.05, 0.1) is 16.5 Å². The summed E-state index contributed by atoms with van der Waals surface area (Å²) in [6.45, 7) is 5.62. The van der Waals surface area contributed by atoms with Gasteiger partial charge in [-0.1, -0.05) is 50.2 Å². The van der Waals surface area contributed by atoms with Crippen molar-refractivity contribution < 1.29 is 14.5 Å². The van der Waals surface area contributed by atoms with Crippen LogP contribution in [0.1, 0.15) is 37.4 Å². The molecule has 0 spiro atoms. The molecule has 0 aromatic heterocycles. The first kappa shape index (κ1) is 19.4. The molecule has 6 nitrogen and oxygen atoms in total. The Bertz CT molecular complexity index is 760. The number of nitrogens with zero attached hydrogens (tertiary/aromatic N) is 1. The monoisotopic (exact) mass is 356 g/mol. The fourth-order valence-corrected chi connectivity index (χ4v) is 2.77. The maximum absolute atomic E-state index is 12.3. The average Bonchev–Trinajstić information content (AvgIpc) is 2.60. The summed E-state index contributed by atoms with van der Waals surface area (Å²) in [5.41, 5.74) is 1.43. The Balaban J connectivity index is 2.03. The minimum atomic E-state index is -0.462. The molecule has 0 saturated carbocycles. The number of hydrogen-bond donors (Lipinski definition) is 1. The quantitative estimate of drug-likeness (QED) is 0.568. The van der Waals surface area contributed by atoms with E-state index < -0.39 is 4.92 Å². The number of rotatable bonds is 8. The molecule has 2 rings (SSSR count). The topological polar surface area (TPSA) is 81.5 Å². The first-order valence-corrected chi connectivity index (χ1v) is 8.59. The molecule has 0 saturated heterocycles. The average molecular weight is 356 g/mol. The van der Waals surface area contributed by atoms with Crippen molar-refractivity contribution in [2.45, 2.75) is 33.2 Å². The Morgan fingerprint density at radius 3 is 2.46 bits per heavy atom. The molecule has 1 atom stereocenters. The van der Waals surface area contributed by atoms with E-state index in [0.29, 0.717) is 17.2 Å². The van der Waals surface area contributed by atoms with Crippen molar-refractivity contribution in [3.63, 3.8) is 0 Å². The summed E-state index contributed by atoms with van der Waals surface area (Å²) < 4.78 is 5.51. The van der Waals surface area contributed by atoms with Crippen molar-refractivity contribution in [2.75, 3.05) is 6.61 Å². The largest absolute Gasteiger partial charge is 0.483 e. The highest BCUT2D eigenvalue weighted by atomic mass is 16.6. The summed E-state index contributed by atoms with van der Waals surface area (Å²) in [6.07, 6.45) is 0.811.